The van der Waals surface area contributed by atoms with Crippen LogP contribution in [0.2, 0.25) is 10.0 Å². The lowest BCUT2D eigenvalue weighted by atomic mass is 10.1. The first kappa shape index (κ1) is 13.4. The number of aromatic amines is 1. The molecular formula is C13H15Cl2N3. The number of benzene rings is 1. The van der Waals surface area contributed by atoms with E-state index >= 15 is 0 Å². The molecule has 1 heterocycles. The predicted octanol–water partition coefficient (Wildman–Crippen LogP) is 3.96. The Balaban J connectivity index is 2.06. The molecule has 1 aromatic heterocycles. The fraction of sp³-hybridized carbons (Fsp3) is 0.308. The van der Waals surface area contributed by atoms with Gasteiger partial charge in [0, 0.05) is 34.5 Å². The molecule has 0 bridgehead atoms. The van der Waals surface area contributed by atoms with Crippen molar-refractivity contribution in [3.63, 3.8) is 0 Å². The quantitative estimate of drug-likeness (QED) is 0.872. The molecule has 96 valence electrons. The van der Waals surface area contributed by atoms with E-state index in [1.54, 1.807) is 6.20 Å². The van der Waals surface area contributed by atoms with Crippen LogP contribution < -0.4 is 5.32 Å². The number of hydrogen-bond donors (Lipinski definition) is 2. The summed E-state index contributed by atoms with van der Waals surface area (Å²) in [6.45, 7) is 2.73. The van der Waals surface area contributed by atoms with Gasteiger partial charge in [-0.15, -0.1) is 0 Å². The lowest BCUT2D eigenvalue weighted by Crippen LogP contribution is -2.21. The maximum atomic E-state index is 6.13. The van der Waals surface area contributed by atoms with Crippen molar-refractivity contribution in [2.75, 3.05) is 0 Å². The van der Waals surface area contributed by atoms with E-state index in [-0.39, 0.29) is 6.04 Å². The maximum absolute atomic E-state index is 6.13. The Hall–Kier alpha value is -1.03. The average Bonchev–Trinajstić information content (AvgIpc) is 2.87. The normalized spacial score (nSPS) is 12.6. The molecule has 2 N–H and O–H groups in total. The van der Waals surface area contributed by atoms with Crippen molar-refractivity contribution >= 4 is 23.2 Å². The van der Waals surface area contributed by atoms with Crippen molar-refractivity contribution in [1.29, 1.82) is 0 Å². The summed E-state index contributed by atoms with van der Waals surface area (Å²) < 4.78 is 0. The van der Waals surface area contributed by atoms with Crippen LogP contribution in [0.25, 0.3) is 0 Å². The van der Waals surface area contributed by atoms with Crippen molar-refractivity contribution in [3.8, 4) is 0 Å². The summed E-state index contributed by atoms with van der Waals surface area (Å²) in [5.41, 5.74) is 0.922. The zero-order chi connectivity index (χ0) is 13.0. The standard InChI is InChI=1S/C13H15Cl2N3/c1-2-12(13-16-6-7-17-13)18-8-9-10(14)4-3-5-11(9)15/h3-7,12,18H,2,8H2,1H3,(H,16,17). The minimum Gasteiger partial charge on any atom is -0.347 e. The third-order valence-electron chi connectivity index (χ3n) is 2.84. The van der Waals surface area contributed by atoms with E-state index < -0.39 is 0 Å². The molecule has 0 aliphatic rings. The van der Waals surface area contributed by atoms with Gasteiger partial charge in [-0.2, -0.15) is 0 Å². The van der Waals surface area contributed by atoms with Crippen LogP contribution in [-0.2, 0) is 6.54 Å². The molecule has 5 heteroatoms. The molecule has 0 aliphatic carbocycles. The minimum atomic E-state index is 0.173. The van der Waals surface area contributed by atoms with Gasteiger partial charge in [0.2, 0.25) is 0 Å². The molecule has 1 atom stereocenters. The van der Waals surface area contributed by atoms with Gasteiger partial charge in [0.1, 0.15) is 5.82 Å². The van der Waals surface area contributed by atoms with Crippen LogP contribution in [0.5, 0.6) is 0 Å². The maximum Gasteiger partial charge on any atom is 0.123 e. The summed E-state index contributed by atoms with van der Waals surface area (Å²) in [6, 6.07) is 5.71. The lowest BCUT2D eigenvalue weighted by Gasteiger charge is -2.16. The second-order valence-corrected chi connectivity index (χ2v) is 4.83. The van der Waals surface area contributed by atoms with Gasteiger partial charge >= 0.3 is 0 Å². The predicted molar refractivity (Wildman–Crippen MR) is 74.9 cm³/mol. The van der Waals surface area contributed by atoms with E-state index in [9.17, 15) is 0 Å². The topological polar surface area (TPSA) is 40.7 Å². The molecule has 0 amide bonds. The van der Waals surface area contributed by atoms with Crippen LogP contribution in [0.3, 0.4) is 0 Å². The zero-order valence-corrected chi connectivity index (χ0v) is 11.6. The highest BCUT2D eigenvalue weighted by molar-refractivity contribution is 6.35. The first-order valence-electron chi connectivity index (χ1n) is 5.88. The van der Waals surface area contributed by atoms with Crippen LogP contribution in [-0.4, -0.2) is 9.97 Å². The van der Waals surface area contributed by atoms with E-state index in [0.717, 1.165) is 17.8 Å². The van der Waals surface area contributed by atoms with Gasteiger partial charge in [-0.05, 0) is 18.6 Å². The molecule has 1 unspecified atom stereocenters. The summed E-state index contributed by atoms with van der Waals surface area (Å²) >= 11 is 12.3. The Labute approximate surface area is 117 Å². The van der Waals surface area contributed by atoms with Crippen molar-refractivity contribution in [2.45, 2.75) is 25.9 Å². The van der Waals surface area contributed by atoms with Crippen molar-refractivity contribution in [2.24, 2.45) is 0 Å². The molecule has 2 aromatic rings. The highest BCUT2D eigenvalue weighted by Crippen LogP contribution is 2.25. The third-order valence-corrected chi connectivity index (χ3v) is 3.55. The minimum absolute atomic E-state index is 0.173. The summed E-state index contributed by atoms with van der Waals surface area (Å²) in [5.74, 6) is 0.931. The SMILES string of the molecule is CCC(NCc1c(Cl)cccc1Cl)c1ncc[nH]1. The third kappa shape index (κ3) is 3.05. The molecular weight excluding hydrogens is 269 g/mol. The molecule has 1 aromatic carbocycles. The highest BCUT2D eigenvalue weighted by atomic mass is 35.5. The van der Waals surface area contributed by atoms with Gasteiger partial charge < -0.3 is 10.3 Å². The van der Waals surface area contributed by atoms with Crippen molar-refractivity contribution < 1.29 is 0 Å². The van der Waals surface area contributed by atoms with Crippen LogP contribution in [0.4, 0.5) is 0 Å². The van der Waals surface area contributed by atoms with Gasteiger partial charge in [-0.25, -0.2) is 4.98 Å². The largest absolute Gasteiger partial charge is 0.347 e. The van der Waals surface area contributed by atoms with Gasteiger partial charge in [0.05, 0.1) is 6.04 Å². The number of nitrogens with zero attached hydrogens (tertiary/aromatic N) is 1. The fourth-order valence-corrected chi connectivity index (χ4v) is 2.36. The molecule has 3 nitrogen and oxygen atoms in total. The number of rotatable bonds is 5. The van der Waals surface area contributed by atoms with Crippen molar-refractivity contribution in [1.82, 2.24) is 15.3 Å². The number of aromatic nitrogens is 2. The first-order valence-corrected chi connectivity index (χ1v) is 6.63. The molecule has 0 fully saturated rings. The van der Waals surface area contributed by atoms with E-state index in [0.29, 0.717) is 16.6 Å². The van der Waals surface area contributed by atoms with Gasteiger partial charge in [0.15, 0.2) is 0 Å². The summed E-state index contributed by atoms with van der Waals surface area (Å²) in [5, 5.41) is 4.78. The van der Waals surface area contributed by atoms with E-state index in [2.05, 4.69) is 22.2 Å². The molecule has 0 spiro atoms. The number of nitrogens with one attached hydrogen (secondary N) is 2. The van der Waals surface area contributed by atoms with Gasteiger partial charge in [-0.1, -0.05) is 36.2 Å². The van der Waals surface area contributed by atoms with E-state index in [1.807, 2.05) is 24.4 Å². The number of halogens is 2. The molecule has 0 aliphatic heterocycles. The van der Waals surface area contributed by atoms with Crippen LogP contribution >= 0.6 is 23.2 Å². The lowest BCUT2D eigenvalue weighted by molar-refractivity contribution is 0.498. The molecule has 0 saturated carbocycles. The monoisotopic (exact) mass is 283 g/mol. The molecule has 0 saturated heterocycles. The second kappa shape index (κ2) is 6.23. The second-order valence-electron chi connectivity index (χ2n) is 4.02. The summed E-state index contributed by atoms with van der Waals surface area (Å²) in [6.07, 6.45) is 4.51. The number of H-pyrrole nitrogens is 1. The average molecular weight is 284 g/mol. The summed E-state index contributed by atoms with van der Waals surface area (Å²) in [4.78, 5) is 7.37. The number of hydrogen-bond acceptors (Lipinski definition) is 2. The van der Waals surface area contributed by atoms with Gasteiger partial charge in [0.25, 0.3) is 0 Å². The Bertz CT molecular complexity index is 477. The molecule has 0 radical (unpaired) electrons. The van der Waals surface area contributed by atoms with Crippen LogP contribution in [0.15, 0.2) is 30.6 Å². The highest BCUT2D eigenvalue weighted by Gasteiger charge is 2.12. The smallest absolute Gasteiger partial charge is 0.123 e. The van der Waals surface area contributed by atoms with Crippen LogP contribution in [0, 0.1) is 0 Å². The Morgan fingerprint density at radius 3 is 2.61 bits per heavy atom. The first-order chi connectivity index (χ1) is 8.72. The summed E-state index contributed by atoms with van der Waals surface area (Å²) in [7, 11) is 0. The molecule has 2 rings (SSSR count). The van der Waals surface area contributed by atoms with E-state index in [4.69, 9.17) is 23.2 Å². The Morgan fingerprint density at radius 2 is 2.06 bits per heavy atom. The Morgan fingerprint density at radius 1 is 1.33 bits per heavy atom. The van der Waals surface area contributed by atoms with Crippen LogP contribution in [0.1, 0.15) is 30.8 Å². The van der Waals surface area contributed by atoms with E-state index in [1.165, 1.54) is 0 Å². The van der Waals surface area contributed by atoms with Crippen molar-refractivity contribution in [3.05, 3.63) is 52.0 Å². The molecule has 18 heavy (non-hydrogen) atoms. The fourth-order valence-electron chi connectivity index (χ4n) is 1.83. The number of imidazole rings is 1. The zero-order valence-electron chi connectivity index (χ0n) is 10.1. The Kier molecular flexibility index (Phi) is 4.64. The van der Waals surface area contributed by atoms with Gasteiger partial charge in [-0.3, -0.25) is 0 Å².